The Morgan fingerprint density at radius 3 is 2.61 bits per heavy atom. The zero-order valence-corrected chi connectivity index (χ0v) is 14.4. The van der Waals surface area contributed by atoms with Crippen molar-refractivity contribution < 1.29 is 14.3 Å². The minimum Gasteiger partial charge on any atom is -0.473 e. The third-order valence-electron chi connectivity index (χ3n) is 3.27. The molecule has 0 unspecified atom stereocenters. The van der Waals surface area contributed by atoms with Gasteiger partial charge in [-0.3, -0.25) is 4.79 Å². The van der Waals surface area contributed by atoms with E-state index < -0.39 is 0 Å². The Bertz CT molecular complexity index is 524. The van der Waals surface area contributed by atoms with Crippen LogP contribution in [0.15, 0.2) is 18.2 Å². The van der Waals surface area contributed by atoms with Gasteiger partial charge in [0, 0.05) is 13.1 Å². The van der Waals surface area contributed by atoms with Gasteiger partial charge in [-0.2, -0.15) is 0 Å². The topological polar surface area (TPSA) is 79.5 Å². The lowest BCUT2D eigenvalue weighted by molar-refractivity contribution is -0.109. The van der Waals surface area contributed by atoms with Crippen LogP contribution in [0.4, 0.5) is 4.79 Å². The van der Waals surface area contributed by atoms with E-state index >= 15 is 0 Å². The molecule has 0 saturated carbocycles. The first kappa shape index (κ1) is 18.8. The van der Waals surface area contributed by atoms with Crippen LogP contribution in [0.25, 0.3) is 0 Å². The Kier molecular flexibility index (Phi) is 7.38. The average molecular weight is 321 g/mol. The van der Waals surface area contributed by atoms with Gasteiger partial charge in [-0.1, -0.05) is 38.5 Å². The summed E-state index contributed by atoms with van der Waals surface area (Å²) >= 11 is 0. The fourth-order valence-corrected chi connectivity index (χ4v) is 2.05. The first-order valence-corrected chi connectivity index (χ1v) is 7.77. The summed E-state index contributed by atoms with van der Waals surface area (Å²) in [5.74, 6) is 0.776. The first-order chi connectivity index (χ1) is 10.8. The molecule has 0 aromatic heterocycles. The van der Waals surface area contributed by atoms with E-state index in [0.717, 1.165) is 11.3 Å². The van der Waals surface area contributed by atoms with Crippen molar-refractivity contribution in [3.8, 4) is 5.75 Å². The molecular formula is C17H27N3O3. The molecule has 3 amide bonds. The van der Waals surface area contributed by atoms with Crippen LogP contribution in [0.2, 0.25) is 0 Å². The van der Waals surface area contributed by atoms with Crippen LogP contribution in [-0.2, 0) is 10.2 Å². The molecule has 1 aromatic carbocycles. The Hall–Kier alpha value is -2.24. The molecule has 0 fully saturated rings. The summed E-state index contributed by atoms with van der Waals surface area (Å²) in [7, 11) is 0. The predicted molar refractivity (Wildman–Crippen MR) is 90.6 cm³/mol. The quantitative estimate of drug-likeness (QED) is 0.389. The summed E-state index contributed by atoms with van der Waals surface area (Å²) in [6, 6.07) is 5.74. The smallest absolute Gasteiger partial charge is 0.317 e. The van der Waals surface area contributed by atoms with Crippen molar-refractivity contribution in [2.75, 3.05) is 19.8 Å². The van der Waals surface area contributed by atoms with Gasteiger partial charge in [0.2, 0.25) is 6.41 Å². The molecule has 1 aromatic rings. The summed E-state index contributed by atoms with van der Waals surface area (Å²) < 4.78 is 5.70. The number of nitrogens with one attached hydrogen (secondary N) is 3. The second-order valence-electron chi connectivity index (χ2n) is 6.40. The van der Waals surface area contributed by atoms with Crippen molar-refractivity contribution >= 4 is 12.4 Å². The maximum Gasteiger partial charge on any atom is 0.317 e. The molecule has 0 atom stereocenters. The van der Waals surface area contributed by atoms with E-state index in [1.807, 2.05) is 19.1 Å². The second kappa shape index (κ2) is 9.02. The van der Waals surface area contributed by atoms with Gasteiger partial charge in [0.05, 0.1) is 0 Å². The highest BCUT2D eigenvalue weighted by molar-refractivity contribution is 5.73. The Morgan fingerprint density at radius 1 is 1.22 bits per heavy atom. The number of ether oxygens (including phenoxy) is 1. The van der Waals surface area contributed by atoms with Crippen LogP contribution in [0.3, 0.4) is 0 Å². The molecule has 0 aliphatic carbocycles. The molecule has 0 aliphatic rings. The van der Waals surface area contributed by atoms with Crippen molar-refractivity contribution in [2.45, 2.75) is 39.5 Å². The van der Waals surface area contributed by atoms with E-state index in [-0.39, 0.29) is 18.2 Å². The first-order valence-electron chi connectivity index (χ1n) is 7.77. The van der Waals surface area contributed by atoms with Crippen LogP contribution < -0.4 is 20.7 Å². The number of benzene rings is 1. The molecule has 0 bridgehead atoms. The molecule has 6 heteroatoms. The zero-order chi connectivity index (χ0) is 17.3. The minimum absolute atomic E-state index is 0.0325. The highest BCUT2D eigenvalue weighted by atomic mass is 16.5. The van der Waals surface area contributed by atoms with Crippen molar-refractivity contribution in [1.29, 1.82) is 0 Å². The number of hydrogen-bond acceptors (Lipinski definition) is 3. The third-order valence-corrected chi connectivity index (χ3v) is 3.27. The molecule has 0 spiro atoms. The Morgan fingerprint density at radius 2 is 1.96 bits per heavy atom. The van der Waals surface area contributed by atoms with E-state index in [0.29, 0.717) is 25.9 Å². The average Bonchev–Trinajstić information content (AvgIpc) is 2.47. The molecule has 23 heavy (non-hydrogen) atoms. The Balaban J connectivity index is 2.41. The van der Waals surface area contributed by atoms with E-state index in [9.17, 15) is 9.59 Å². The SMILES string of the molecule is Cc1ccc(OCNC(=O)NCCCNC=O)c(C(C)(C)C)c1. The van der Waals surface area contributed by atoms with Gasteiger partial charge in [-0.15, -0.1) is 0 Å². The zero-order valence-electron chi connectivity index (χ0n) is 14.4. The predicted octanol–water partition coefficient (Wildman–Crippen LogP) is 2.06. The lowest BCUT2D eigenvalue weighted by atomic mass is 9.85. The maximum absolute atomic E-state index is 11.6. The van der Waals surface area contributed by atoms with Gasteiger partial charge in [-0.25, -0.2) is 4.79 Å². The standard InChI is InChI=1S/C17H27N3O3/c1-13-6-7-15(14(10-13)17(2,3)4)23-12-20-16(22)19-9-5-8-18-11-21/h6-7,10-11H,5,8-9,12H2,1-4H3,(H,18,21)(H2,19,20,22). The van der Waals surface area contributed by atoms with Crippen molar-refractivity contribution in [3.05, 3.63) is 29.3 Å². The van der Waals surface area contributed by atoms with Gasteiger partial charge in [-0.05, 0) is 30.4 Å². The van der Waals surface area contributed by atoms with E-state index in [4.69, 9.17) is 4.74 Å². The number of hydrogen-bond donors (Lipinski definition) is 3. The molecule has 1 rings (SSSR count). The lowest BCUT2D eigenvalue weighted by Gasteiger charge is -2.23. The van der Waals surface area contributed by atoms with E-state index in [1.165, 1.54) is 5.56 Å². The molecule has 128 valence electrons. The number of urea groups is 1. The monoisotopic (exact) mass is 321 g/mol. The van der Waals surface area contributed by atoms with Gasteiger partial charge in [0.15, 0.2) is 6.73 Å². The van der Waals surface area contributed by atoms with E-state index in [1.54, 1.807) is 0 Å². The Labute approximate surface area is 138 Å². The van der Waals surface area contributed by atoms with Gasteiger partial charge >= 0.3 is 6.03 Å². The number of amides is 3. The van der Waals surface area contributed by atoms with Gasteiger partial charge in [0.25, 0.3) is 0 Å². The molecule has 6 nitrogen and oxygen atoms in total. The maximum atomic E-state index is 11.6. The molecule has 0 heterocycles. The minimum atomic E-state index is -0.291. The van der Waals surface area contributed by atoms with Crippen LogP contribution in [0.1, 0.15) is 38.3 Å². The highest BCUT2D eigenvalue weighted by Crippen LogP contribution is 2.31. The van der Waals surface area contributed by atoms with Crippen LogP contribution in [0.5, 0.6) is 5.75 Å². The van der Waals surface area contributed by atoms with Crippen molar-refractivity contribution in [3.63, 3.8) is 0 Å². The summed E-state index contributed by atoms with van der Waals surface area (Å²) in [5, 5.41) is 7.88. The number of rotatable bonds is 8. The molecule has 0 radical (unpaired) electrons. The van der Waals surface area contributed by atoms with Gasteiger partial charge in [0.1, 0.15) is 5.75 Å². The normalized spacial score (nSPS) is 10.8. The summed E-state index contributed by atoms with van der Waals surface area (Å²) in [4.78, 5) is 21.7. The van der Waals surface area contributed by atoms with Crippen molar-refractivity contribution in [1.82, 2.24) is 16.0 Å². The number of aryl methyl sites for hydroxylation is 1. The van der Waals surface area contributed by atoms with E-state index in [2.05, 4.69) is 42.8 Å². The number of carbonyl (C=O) groups is 2. The highest BCUT2D eigenvalue weighted by Gasteiger charge is 2.19. The second-order valence-corrected chi connectivity index (χ2v) is 6.40. The summed E-state index contributed by atoms with van der Waals surface area (Å²) in [5.41, 5.74) is 2.26. The van der Waals surface area contributed by atoms with Crippen LogP contribution >= 0.6 is 0 Å². The van der Waals surface area contributed by atoms with Crippen LogP contribution in [-0.4, -0.2) is 32.3 Å². The lowest BCUT2D eigenvalue weighted by Crippen LogP contribution is -2.38. The van der Waals surface area contributed by atoms with Crippen LogP contribution in [0, 0.1) is 6.92 Å². The summed E-state index contributed by atoms with van der Waals surface area (Å²) in [6.07, 6.45) is 1.32. The van der Waals surface area contributed by atoms with Gasteiger partial charge < -0.3 is 20.7 Å². The molecular weight excluding hydrogens is 294 g/mol. The van der Waals surface area contributed by atoms with Crippen molar-refractivity contribution in [2.24, 2.45) is 0 Å². The molecule has 0 aliphatic heterocycles. The molecule has 0 saturated heterocycles. The fraction of sp³-hybridized carbons (Fsp3) is 0.529. The third kappa shape index (κ3) is 7.04. The largest absolute Gasteiger partial charge is 0.473 e. The molecule has 3 N–H and O–H groups in total. The fourth-order valence-electron chi connectivity index (χ4n) is 2.05. The summed E-state index contributed by atoms with van der Waals surface area (Å²) in [6.45, 7) is 9.56. The number of carbonyl (C=O) groups excluding carboxylic acids is 2.